The minimum Gasteiger partial charge on any atom is -0.376 e. The summed E-state index contributed by atoms with van der Waals surface area (Å²) in [6.45, 7) is 1.26. The highest BCUT2D eigenvalue weighted by Crippen LogP contribution is 2.48. The van der Waals surface area contributed by atoms with Crippen LogP contribution in [-0.2, 0) is 25.0 Å². The summed E-state index contributed by atoms with van der Waals surface area (Å²) in [5, 5.41) is 2.73. The van der Waals surface area contributed by atoms with Crippen LogP contribution in [0.25, 0.3) is 0 Å². The maximum absolute atomic E-state index is 13.3. The lowest BCUT2D eigenvalue weighted by molar-refractivity contribution is -0.124. The van der Waals surface area contributed by atoms with Gasteiger partial charge in [0.15, 0.2) is 0 Å². The molecule has 1 heterocycles. The van der Waals surface area contributed by atoms with Gasteiger partial charge in [0.05, 0.1) is 21.4 Å². The Bertz CT molecular complexity index is 1050. The molecule has 9 heteroatoms. The van der Waals surface area contributed by atoms with Gasteiger partial charge in [-0.3, -0.25) is 9.52 Å². The Kier molecular flexibility index (Phi) is 5.74. The van der Waals surface area contributed by atoms with E-state index in [1.165, 1.54) is 0 Å². The smallest absolute Gasteiger partial charge is 0.261 e. The summed E-state index contributed by atoms with van der Waals surface area (Å²) in [5.74, 6) is -0.709. The van der Waals surface area contributed by atoms with Gasteiger partial charge in [0.25, 0.3) is 10.0 Å². The van der Waals surface area contributed by atoms with E-state index in [9.17, 15) is 17.6 Å². The Balaban J connectivity index is 1.43. The van der Waals surface area contributed by atoms with Crippen molar-refractivity contribution in [2.45, 2.75) is 42.1 Å². The molecule has 1 aliphatic carbocycles. The molecule has 2 N–H and O–H groups in total. The van der Waals surface area contributed by atoms with Crippen LogP contribution in [0.15, 0.2) is 47.4 Å². The molecular weight excluding hydrogens is 431 g/mol. The van der Waals surface area contributed by atoms with E-state index >= 15 is 0 Å². The van der Waals surface area contributed by atoms with E-state index in [4.69, 9.17) is 16.3 Å². The molecule has 6 nitrogen and oxygen atoms in total. The zero-order valence-corrected chi connectivity index (χ0v) is 17.7. The molecule has 2 fully saturated rings. The van der Waals surface area contributed by atoms with Crippen LogP contribution in [0.2, 0.25) is 5.02 Å². The highest BCUT2D eigenvalue weighted by Gasteiger charge is 2.51. The molecule has 1 atom stereocenters. The minimum atomic E-state index is -3.91. The first-order chi connectivity index (χ1) is 14.3. The fourth-order valence-corrected chi connectivity index (χ4v) is 5.00. The Hall–Kier alpha value is -2.16. The molecule has 160 valence electrons. The number of halogens is 2. The van der Waals surface area contributed by atoms with Crippen LogP contribution >= 0.6 is 11.6 Å². The molecule has 1 amide bonds. The summed E-state index contributed by atoms with van der Waals surface area (Å²) in [6, 6.07) is 9.96. The Morgan fingerprint density at radius 2 is 1.93 bits per heavy atom. The zero-order valence-electron chi connectivity index (χ0n) is 16.2. The number of nitrogens with one attached hydrogen (secondary N) is 2. The van der Waals surface area contributed by atoms with E-state index in [1.807, 2.05) is 0 Å². The molecule has 0 spiro atoms. The van der Waals surface area contributed by atoms with Crippen LogP contribution in [0.5, 0.6) is 0 Å². The molecule has 1 saturated heterocycles. The van der Waals surface area contributed by atoms with Gasteiger partial charge in [-0.1, -0.05) is 23.7 Å². The van der Waals surface area contributed by atoms with Gasteiger partial charge in [0.1, 0.15) is 5.82 Å². The van der Waals surface area contributed by atoms with Gasteiger partial charge >= 0.3 is 0 Å². The third-order valence-corrected chi connectivity index (χ3v) is 7.26. The van der Waals surface area contributed by atoms with Crippen molar-refractivity contribution in [1.82, 2.24) is 5.32 Å². The number of hydrogen-bond acceptors (Lipinski definition) is 4. The monoisotopic (exact) mass is 452 g/mol. The van der Waals surface area contributed by atoms with Gasteiger partial charge in [0.2, 0.25) is 5.91 Å². The molecule has 0 unspecified atom stereocenters. The van der Waals surface area contributed by atoms with Crippen LogP contribution in [-0.4, -0.2) is 33.6 Å². The summed E-state index contributed by atoms with van der Waals surface area (Å²) in [5.41, 5.74) is 0.635. The van der Waals surface area contributed by atoms with Gasteiger partial charge in [0, 0.05) is 18.8 Å². The first-order valence-electron chi connectivity index (χ1n) is 9.78. The molecule has 30 heavy (non-hydrogen) atoms. The fraction of sp³-hybridized carbons (Fsp3) is 0.381. The van der Waals surface area contributed by atoms with Crippen LogP contribution < -0.4 is 10.0 Å². The largest absolute Gasteiger partial charge is 0.376 e. The number of anilines is 1. The molecule has 0 radical (unpaired) electrons. The Labute approximate surface area is 179 Å². The lowest BCUT2D eigenvalue weighted by Crippen LogP contribution is -2.39. The summed E-state index contributed by atoms with van der Waals surface area (Å²) < 4.78 is 46.3. The molecule has 2 aromatic rings. The maximum atomic E-state index is 13.3. The molecule has 2 aliphatic rings. The third-order valence-electron chi connectivity index (χ3n) is 5.59. The average molecular weight is 453 g/mol. The quantitative estimate of drug-likeness (QED) is 0.672. The number of benzene rings is 2. The number of ether oxygens (including phenoxy) is 1. The van der Waals surface area contributed by atoms with Crippen LogP contribution in [0.3, 0.4) is 0 Å². The van der Waals surface area contributed by atoms with E-state index in [2.05, 4.69) is 10.0 Å². The molecule has 4 rings (SSSR count). The van der Waals surface area contributed by atoms with E-state index in [1.54, 1.807) is 24.3 Å². The fourth-order valence-electron chi connectivity index (χ4n) is 3.67. The average Bonchev–Trinajstić information content (AvgIpc) is 3.36. The number of rotatable bonds is 7. The first kappa shape index (κ1) is 21.1. The molecule has 2 aromatic carbocycles. The van der Waals surface area contributed by atoms with Crippen molar-refractivity contribution in [1.29, 1.82) is 0 Å². The van der Waals surface area contributed by atoms with Crippen molar-refractivity contribution >= 4 is 33.2 Å². The third kappa shape index (κ3) is 4.31. The molecule has 1 saturated carbocycles. The summed E-state index contributed by atoms with van der Waals surface area (Å²) in [4.78, 5) is 12.6. The molecule has 1 aliphatic heterocycles. The van der Waals surface area contributed by atoms with E-state index in [-0.39, 0.29) is 21.9 Å². The standard InChI is InChI=1S/C21H22ClFN2O4S/c22-18-12-17(7-8-19(18)23)30(27,28)25-15-5-3-14(4-6-15)21(9-10-21)20(26)24-13-16-2-1-11-29-16/h3-8,12,16,25H,1-2,9-11,13H2,(H,24,26)/t16-/m1/s1. The van der Waals surface area contributed by atoms with Gasteiger partial charge < -0.3 is 10.1 Å². The highest BCUT2D eigenvalue weighted by atomic mass is 35.5. The van der Waals surface area contributed by atoms with Crippen molar-refractivity contribution in [3.05, 3.63) is 58.9 Å². The number of amides is 1. The predicted octanol–water partition coefficient (Wildman–Crippen LogP) is 3.61. The van der Waals surface area contributed by atoms with Gasteiger partial charge in [-0.15, -0.1) is 0 Å². The summed E-state index contributed by atoms with van der Waals surface area (Å²) in [6.07, 6.45) is 3.57. The van der Waals surface area contributed by atoms with E-state index in [0.29, 0.717) is 12.2 Å². The first-order valence-corrected chi connectivity index (χ1v) is 11.6. The van der Waals surface area contributed by atoms with Crippen molar-refractivity contribution < 1.29 is 22.3 Å². The van der Waals surface area contributed by atoms with E-state index in [0.717, 1.165) is 56.1 Å². The van der Waals surface area contributed by atoms with Crippen LogP contribution in [0.4, 0.5) is 10.1 Å². The summed E-state index contributed by atoms with van der Waals surface area (Å²) >= 11 is 5.68. The van der Waals surface area contributed by atoms with Gasteiger partial charge in [-0.05, 0) is 61.6 Å². The van der Waals surface area contributed by atoms with Crippen molar-refractivity contribution in [3.63, 3.8) is 0 Å². The van der Waals surface area contributed by atoms with Crippen LogP contribution in [0.1, 0.15) is 31.2 Å². The number of carbonyl (C=O) groups is 1. The zero-order chi connectivity index (χ0) is 21.4. The second kappa shape index (κ2) is 8.17. The van der Waals surface area contributed by atoms with Gasteiger partial charge in [-0.2, -0.15) is 0 Å². The minimum absolute atomic E-state index is 0.0210. The normalized spacial score (nSPS) is 20.0. The number of sulfonamides is 1. The van der Waals surface area contributed by atoms with Crippen molar-refractivity contribution in [3.8, 4) is 0 Å². The Morgan fingerprint density at radius 1 is 1.20 bits per heavy atom. The lowest BCUT2D eigenvalue weighted by atomic mass is 9.94. The van der Waals surface area contributed by atoms with Crippen LogP contribution in [0, 0.1) is 5.82 Å². The second-order valence-electron chi connectivity index (χ2n) is 7.69. The highest BCUT2D eigenvalue weighted by molar-refractivity contribution is 7.92. The van der Waals surface area contributed by atoms with Gasteiger partial charge in [-0.25, -0.2) is 12.8 Å². The number of hydrogen-bond donors (Lipinski definition) is 2. The molecule has 0 bridgehead atoms. The number of carbonyl (C=O) groups excluding carboxylic acids is 1. The predicted molar refractivity (Wildman–Crippen MR) is 112 cm³/mol. The molecule has 0 aromatic heterocycles. The summed E-state index contributed by atoms with van der Waals surface area (Å²) in [7, 11) is -3.91. The molecular formula is C21H22ClFN2O4S. The maximum Gasteiger partial charge on any atom is 0.261 e. The SMILES string of the molecule is O=C(NC[C@H]1CCCO1)C1(c2ccc(NS(=O)(=O)c3ccc(F)c(Cl)c3)cc2)CC1. The lowest BCUT2D eigenvalue weighted by Gasteiger charge is -2.18. The van der Waals surface area contributed by atoms with E-state index < -0.39 is 21.3 Å². The Morgan fingerprint density at radius 3 is 2.53 bits per heavy atom. The second-order valence-corrected chi connectivity index (χ2v) is 9.78. The van der Waals surface area contributed by atoms with Crippen molar-refractivity contribution in [2.75, 3.05) is 17.9 Å². The topological polar surface area (TPSA) is 84.5 Å². The van der Waals surface area contributed by atoms with Crippen molar-refractivity contribution in [2.24, 2.45) is 0 Å².